The van der Waals surface area contributed by atoms with E-state index in [4.69, 9.17) is 23.2 Å². The Kier molecular flexibility index (Phi) is 4.24. The van der Waals surface area contributed by atoms with Crippen molar-refractivity contribution < 1.29 is 0 Å². The predicted molar refractivity (Wildman–Crippen MR) is 67.4 cm³/mol. The number of hydrogen-bond donors (Lipinski definition) is 0. The lowest BCUT2D eigenvalue weighted by Gasteiger charge is -2.28. The van der Waals surface area contributed by atoms with Crippen LogP contribution in [0.15, 0.2) is 12.4 Å². The highest BCUT2D eigenvalue weighted by atomic mass is 35.5. The van der Waals surface area contributed by atoms with Gasteiger partial charge in [-0.2, -0.15) is 0 Å². The Morgan fingerprint density at radius 1 is 1.25 bits per heavy atom. The van der Waals surface area contributed by atoms with Crippen molar-refractivity contribution in [1.29, 1.82) is 0 Å². The fourth-order valence-electron chi connectivity index (χ4n) is 2.21. The van der Waals surface area contributed by atoms with Gasteiger partial charge in [0, 0.05) is 18.5 Å². The van der Waals surface area contributed by atoms with Gasteiger partial charge in [-0.25, -0.2) is 9.97 Å². The lowest BCUT2D eigenvalue weighted by molar-refractivity contribution is 0.606. The first-order chi connectivity index (χ1) is 7.81. The van der Waals surface area contributed by atoms with Gasteiger partial charge >= 0.3 is 0 Å². The second-order valence-electron chi connectivity index (χ2n) is 4.02. The van der Waals surface area contributed by atoms with E-state index in [-0.39, 0.29) is 0 Å². The van der Waals surface area contributed by atoms with Crippen LogP contribution in [-0.2, 0) is 0 Å². The van der Waals surface area contributed by atoms with Gasteiger partial charge in [-0.1, -0.05) is 24.4 Å². The number of hydrogen-bond acceptors (Lipinski definition) is 3. The normalized spacial score (nSPS) is 16.6. The Hall–Kier alpha value is -0.540. The molecule has 1 heterocycles. The van der Waals surface area contributed by atoms with Gasteiger partial charge in [-0.05, 0) is 12.8 Å². The molecule has 0 aromatic carbocycles. The van der Waals surface area contributed by atoms with Crippen LogP contribution in [0.2, 0.25) is 5.02 Å². The molecule has 0 aliphatic heterocycles. The van der Waals surface area contributed by atoms with Gasteiger partial charge in [0.15, 0.2) is 0 Å². The molecule has 0 amide bonds. The number of halogens is 2. The van der Waals surface area contributed by atoms with Gasteiger partial charge < -0.3 is 4.90 Å². The van der Waals surface area contributed by atoms with Crippen molar-refractivity contribution in [3.8, 4) is 0 Å². The molecule has 88 valence electrons. The topological polar surface area (TPSA) is 29.0 Å². The van der Waals surface area contributed by atoms with E-state index in [0.717, 1.165) is 12.5 Å². The van der Waals surface area contributed by atoms with Crippen molar-refractivity contribution in [3.63, 3.8) is 0 Å². The summed E-state index contributed by atoms with van der Waals surface area (Å²) in [6.45, 7) is 0.799. The van der Waals surface area contributed by atoms with Crippen LogP contribution < -0.4 is 4.90 Å². The Balaban J connectivity index is 2.14. The van der Waals surface area contributed by atoms with Crippen molar-refractivity contribution in [2.24, 2.45) is 0 Å². The van der Waals surface area contributed by atoms with Crippen LogP contribution in [0.4, 0.5) is 5.95 Å². The summed E-state index contributed by atoms with van der Waals surface area (Å²) in [5.41, 5.74) is 0. The molecule has 1 aromatic rings. The van der Waals surface area contributed by atoms with Crippen LogP contribution in [0.5, 0.6) is 0 Å². The van der Waals surface area contributed by atoms with E-state index in [1.807, 2.05) is 0 Å². The molecular formula is C11H15Cl2N3. The largest absolute Gasteiger partial charge is 0.337 e. The third-order valence-corrected chi connectivity index (χ3v) is 3.32. The summed E-state index contributed by atoms with van der Waals surface area (Å²) in [4.78, 5) is 10.7. The number of anilines is 1. The number of nitrogens with zero attached hydrogens (tertiary/aromatic N) is 3. The van der Waals surface area contributed by atoms with Crippen LogP contribution >= 0.6 is 23.2 Å². The lowest BCUT2D eigenvalue weighted by atomic mass is 10.2. The average Bonchev–Trinajstić information content (AvgIpc) is 2.81. The molecule has 0 N–H and O–H groups in total. The highest BCUT2D eigenvalue weighted by Gasteiger charge is 2.23. The summed E-state index contributed by atoms with van der Waals surface area (Å²) in [6, 6.07) is 0.542. The highest BCUT2D eigenvalue weighted by molar-refractivity contribution is 6.30. The summed E-state index contributed by atoms with van der Waals surface area (Å²) in [5.74, 6) is 1.35. The number of alkyl halides is 1. The first kappa shape index (κ1) is 11.9. The van der Waals surface area contributed by atoms with Gasteiger partial charge in [0.25, 0.3) is 0 Å². The van der Waals surface area contributed by atoms with E-state index in [9.17, 15) is 0 Å². The van der Waals surface area contributed by atoms with Gasteiger partial charge in [-0.3, -0.25) is 0 Å². The summed E-state index contributed by atoms with van der Waals surface area (Å²) >= 11 is 11.6. The summed E-state index contributed by atoms with van der Waals surface area (Å²) in [5, 5.41) is 0.570. The van der Waals surface area contributed by atoms with Crippen LogP contribution in [0, 0.1) is 0 Å². The Labute approximate surface area is 106 Å². The summed E-state index contributed by atoms with van der Waals surface area (Å²) in [7, 11) is 0. The van der Waals surface area contributed by atoms with E-state index in [1.54, 1.807) is 12.4 Å². The van der Waals surface area contributed by atoms with Crippen molar-refractivity contribution in [1.82, 2.24) is 9.97 Å². The molecule has 3 nitrogen and oxygen atoms in total. The van der Waals surface area contributed by atoms with Gasteiger partial charge in [0.2, 0.25) is 5.95 Å². The lowest BCUT2D eigenvalue weighted by Crippen LogP contribution is -2.36. The maximum absolute atomic E-state index is 5.83. The van der Waals surface area contributed by atoms with Crippen molar-refractivity contribution in [2.75, 3.05) is 17.3 Å². The molecule has 1 aromatic heterocycles. The Morgan fingerprint density at radius 2 is 1.88 bits per heavy atom. The molecule has 0 radical (unpaired) electrons. The molecule has 5 heteroatoms. The Morgan fingerprint density at radius 3 is 2.44 bits per heavy atom. The molecule has 0 unspecified atom stereocenters. The van der Waals surface area contributed by atoms with Crippen LogP contribution in [0.1, 0.15) is 25.7 Å². The van der Waals surface area contributed by atoms with Gasteiger partial charge in [0.1, 0.15) is 0 Å². The van der Waals surface area contributed by atoms with Crippen molar-refractivity contribution >= 4 is 29.2 Å². The average molecular weight is 260 g/mol. The number of rotatable bonds is 4. The minimum Gasteiger partial charge on any atom is -0.337 e. The Bertz CT molecular complexity index is 323. The first-order valence-electron chi connectivity index (χ1n) is 5.61. The fraction of sp³-hybridized carbons (Fsp3) is 0.636. The second kappa shape index (κ2) is 5.69. The minimum atomic E-state index is 0.542. The van der Waals surface area contributed by atoms with Crippen molar-refractivity contribution in [3.05, 3.63) is 17.4 Å². The molecule has 16 heavy (non-hydrogen) atoms. The van der Waals surface area contributed by atoms with Gasteiger partial charge in [-0.15, -0.1) is 11.6 Å². The van der Waals surface area contributed by atoms with E-state index >= 15 is 0 Å². The van der Waals surface area contributed by atoms with Crippen LogP contribution in [0.25, 0.3) is 0 Å². The molecule has 0 spiro atoms. The highest BCUT2D eigenvalue weighted by Crippen LogP contribution is 2.26. The van der Waals surface area contributed by atoms with E-state index < -0.39 is 0 Å². The minimum absolute atomic E-state index is 0.542. The van der Waals surface area contributed by atoms with Crippen LogP contribution in [0.3, 0.4) is 0 Å². The van der Waals surface area contributed by atoms with E-state index in [2.05, 4.69) is 14.9 Å². The molecule has 2 rings (SSSR count). The third-order valence-electron chi connectivity index (χ3n) is 2.95. The summed E-state index contributed by atoms with van der Waals surface area (Å²) < 4.78 is 0. The molecule has 1 fully saturated rings. The van der Waals surface area contributed by atoms with Crippen molar-refractivity contribution in [2.45, 2.75) is 31.7 Å². The molecule has 0 bridgehead atoms. The molecule has 1 saturated carbocycles. The third kappa shape index (κ3) is 2.77. The molecule has 0 atom stereocenters. The maximum atomic E-state index is 5.83. The second-order valence-corrected chi connectivity index (χ2v) is 4.84. The smallest absolute Gasteiger partial charge is 0.225 e. The quantitative estimate of drug-likeness (QED) is 0.779. The first-order valence-corrected chi connectivity index (χ1v) is 6.52. The number of aromatic nitrogens is 2. The van der Waals surface area contributed by atoms with Crippen LogP contribution in [-0.4, -0.2) is 28.4 Å². The fourth-order valence-corrected chi connectivity index (χ4v) is 2.49. The summed E-state index contributed by atoms with van der Waals surface area (Å²) in [6.07, 6.45) is 8.28. The predicted octanol–water partition coefficient (Wildman–Crippen LogP) is 3.12. The maximum Gasteiger partial charge on any atom is 0.225 e. The SMILES string of the molecule is ClCCN(c1ncc(Cl)cn1)C1CCCC1. The zero-order valence-corrected chi connectivity index (χ0v) is 10.6. The monoisotopic (exact) mass is 259 g/mol. The zero-order chi connectivity index (χ0) is 11.4. The van der Waals surface area contributed by atoms with E-state index in [0.29, 0.717) is 16.9 Å². The molecule has 1 aliphatic rings. The molecule has 0 saturated heterocycles. The van der Waals surface area contributed by atoms with E-state index in [1.165, 1.54) is 25.7 Å². The molecular weight excluding hydrogens is 245 g/mol. The molecule has 1 aliphatic carbocycles. The standard InChI is InChI=1S/C11H15Cl2N3/c12-5-6-16(10-3-1-2-4-10)11-14-7-9(13)8-15-11/h7-8,10H,1-6H2. The zero-order valence-electron chi connectivity index (χ0n) is 9.07. The van der Waals surface area contributed by atoms with Gasteiger partial charge in [0.05, 0.1) is 17.4 Å².